The molecule has 0 spiro atoms. The minimum absolute atomic E-state index is 0.0980. The Morgan fingerprint density at radius 2 is 1.91 bits per heavy atom. The quantitative estimate of drug-likeness (QED) is 0.314. The summed E-state index contributed by atoms with van der Waals surface area (Å²) in [5.74, 6) is -4.27. The highest BCUT2D eigenvalue weighted by molar-refractivity contribution is 7.92. The molecular weight excluding hydrogens is 471 g/mol. The van der Waals surface area contributed by atoms with Crippen molar-refractivity contribution in [3.63, 3.8) is 0 Å². The second kappa shape index (κ2) is 9.14. The van der Waals surface area contributed by atoms with E-state index in [1.807, 2.05) is 4.72 Å². The van der Waals surface area contributed by atoms with Crippen LogP contribution >= 0.6 is 0 Å². The van der Waals surface area contributed by atoms with Gasteiger partial charge in [0.05, 0.1) is 28.0 Å². The summed E-state index contributed by atoms with van der Waals surface area (Å²) < 4.78 is 69.5. The number of sulfonamides is 1. The molecule has 0 aliphatic heterocycles. The fourth-order valence-electron chi connectivity index (χ4n) is 3.40. The average Bonchev–Trinajstić information content (AvgIpc) is 3.21. The van der Waals surface area contributed by atoms with Gasteiger partial charge in [-0.15, -0.1) is 0 Å². The molecule has 2 aromatic heterocycles. The molecular formula is C22H18F3N5O3S. The zero-order valence-corrected chi connectivity index (χ0v) is 18.5. The molecule has 4 aromatic rings. The lowest BCUT2D eigenvalue weighted by atomic mass is 10.0. The third-order valence-electron chi connectivity index (χ3n) is 4.86. The van der Waals surface area contributed by atoms with Crippen LogP contribution in [0.4, 0.5) is 30.4 Å². The summed E-state index contributed by atoms with van der Waals surface area (Å²) in [5.41, 5.74) is -1.14. The fraction of sp³-hybridized carbons (Fsp3) is 0.136. The molecule has 0 unspecified atom stereocenters. The van der Waals surface area contributed by atoms with Crippen molar-refractivity contribution in [3.05, 3.63) is 77.5 Å². The lowest BCUT2D eigenvalue weighted by Crippen LogP contribution is -2.18. The molecule has 3 N–H and O–H groups in total. The molecule has 12 heteroatoms. The maximum absolute atomic E-state index is 15.2. The highest BCUT2D eigenvalue weighted by atomic mass is 32.2. The molecule has 0 saturated carbocycles. The lowest BCUT2D eigenvalue weighted by molar-refractivity contribution is 0.103. The highest BCUT2D eigenvalue weighted by Crippen LogP contribution is 2.31. The van der Waals surface area contributed by atoms with Crippen LogP contribution in [0.2, 0.25) is 0 Å². The van der Waals surface area contributed by atoms with Crippen LogP contribution in [0.5, 0.6) is 0 Å². The van der Waals surface area contributed by atoms with Crippen LogP contribution in [0.1, 0.15) is 29.3 Å². The van der Waals surface area contributed by atoms with E-state index >= 15 is 4.39 Å². The van der Waals surface area contributed by atoms with Crippen LogP contribution in [-0.4, -0.2) is 34.9 Å². The molecule has 0 saturated heterocycles. The molecule has 2 aromatic carbocycles. The summed E-state index contributed by atoms with van der Waals surface area (Å²) in [5, 5.41) is 2.98. The number of H-pyrrole nitrogens is 1. The van der Waals surface area contributed by atoms with Gasteiger partial charge in [-0.1, -0.05) is 13.0 Å². The Kier molecular flexibility index (Phi) is 6.24. The zero-order chi connectivity index (χ0) is 24.5. The van der Waals surface area contributed by atoms with Gasteiger partial charge in [-0.3, -0.25) is 9.52 Å². The summed E-state index contributed by atoms with van der Waals surface area (Å²) in [6, 6.07) is 7.19. The van der Waals surface area contributed by atoms with Gasteiger partial charge in [0.25, 0.3) is 0 Å². The van der Waals surface area contributed by atoms with Crippen LogP contribution in [0.3, 0.4) is 0 Å². The number of ketones is 1. The molecule has 34 heavy (non-hydrogen) atoms. The predicted molar refractivity (Wildman–Crippen MR) is 121 cm³/mol. The van der Waals surface area contributed by atoms with Gasteiger partial charge in [-0.2, -0.15) is 0 Å². The summed E-state index contributed by atoms with van der Waals surface area (Å²) in [6.07, 6.45) is 2.69. The number of aromatic amines is 1. The SMILES string of the molecule is CCCS(=O)(=O)Nc1ccc(F)c(C(=O)c2c[nH]c3ncnc(Nc4cccc(F)c4)c23)c1F. The number of halogens is 3. The Balaban J connectivity index is 1.79. The highest BCUT2D eigenvalue weighted by Gasteiger charge is 2.27. The topological polar surface area (TPSA) is 117 Å². The number of aromatic nitrogens is 3. The Bertz CT molecular complexity index is 1510. The summed E-state index contributed by atoms with van der Waals surface area (Å²) >= 11 is 0. The number of anilines is 3. The minimum atomic E-state index is -3.89. The van der Waals surface area contributed by atoms with Gasteiger partial charge in [-0.05, 0) is 36.8 Å². The predicted octanol–water partition coefficient (Wildman–Crippen LogP) is 4.50. The summed E-state index contributed by atoms with van der Waals surface area (Å²) in [7, 11) is -3.89. The van der Waals surface area contributed by atoms with Gasteiger partial charge < -0.3 is 10.3 Å². The number of hydrogen-bond donors (Lipinski definition) is 3. The number of hydrogen-bond acceptors (Lipinski definition) is 6. The van der Waals surface area contributed by atoms with E-state index in [0.717, 1.165) is 12.1 Å². The summed E-state index contributed by atoms with van der Waals surface area (Å²) in [6.45, 7) is 1.63. The Hall–Kier alpha value is -3.93. The molecule has 0 amide bonds. The van der Waals surface area contributed by atoms with Crippen molar-refractivity contribution in [2.24, 2.45) is 0 Å². The number of nitrogens with one attached hydrogen (secondary N) is 3. The fourth-order valence-corrected chi connectivity index (χ4v) is 4.53. The van der Waals surface area contributed by atoms with Crippen LogP contribution in [0.25, 0.3) is 11.0 Å². The molecule has 0 atom stereocenters. The van der Waals surface area contributed by atoms with Crippen LogP contribution < -0.4 is 10.0 Å². The Morgan fingerprint density at radius 1 is 1.12 bits per heavy atom. The molecule has 0 radical (unpaired) electrons. The van der Waals surface area contributed by atoms with Crippen molar-refractivity contribution in [3.8, 4) is 0 Å². The number of carbonyl (C=O) groups is 1. The van der Waals surface area contributed by atoms with Crippen molar-refractivity contribution < 1.29 is 26.4 Å². The average molecular weight is 489 g/mol. The van der Waals surface area contributed by atoms with E-state index in [2.05, 4.69) is 20.3 Å². The minimum Gasteiger partial charge on any atom is -0.345 e. The van der Waals surface area contributed by atoms with Crippen molar-refractivity contribution >= 4 is 44.0 Å². The molecule has 2 heterocycles. The van der Waals surface area contributed by atoms with Gasteiger partial charge >= 0.3 is 0 Å². The van der Waals surface area contributed by atoms with Crippen LogP contribution in [0.15, 0.2) is 48.9 Å². The first-order valence-electron chi connectivity index (χ1n) is 10.1. The number of nitrogens with zero attached hydrogens (tertiary/aromatic N) is 2. The van der Waals surface area contributed by atoms with Crippen LogP contribution in [-0.2, 0) is 10.0 Å². The molecule has 0 aliphatic carbocycles. The van der Waals surface area contributed by atoms with Crippen molar-refractivity contribution in [1.82, 2.24) is 15.0 Å². The monoisotopic (exact) mass is 489 g/mol. The summed E-state index contributed by atoms with van der Waals surface area (Å²) in [4.78, 5) is 24.1. The Labute approximate surface area is 192 Å². The number of rotatable bonds is 8. The van der Waals surface area contributed by atoms with E-state index in [0.29, 0.717) is 5.69 Å². The molecule has 0 fully saturated rings. The second-order valence-electron chi connectivity index (χ2n) is 7.32. The third-order valence-corrected chi connectivity index (χ3v) is 6.33. The van der Waals surface area contributed by atoms with Gasteiger partial charge in [0.1, 0.15) is 29.4 Å². The van der Waals surface area contributed by atoms with E-state index in [1.54, 1.807) is 13.0 Å². The van der Waals surface area contributed by atoms with E-state index in [9.17, 15) is 22.0 Å². The first kappa shape index (κ1) is 23.2. The maximum Gasteiger partial charge on any atom is 0.232 e. The van der Waals surface area contributed by atoms with Crippen molar-refractivity contribution in [1.29, 1.82) is 0 Å². The second-order valence-corrected chi connectivity index (χ2v) is 9.16. The van der Waals surface area contributed by atoms with Crippen LogP contribution in [0, 0.1) is 17.5 Å². The van der Waals surface area contributed by atoms with Crippen molar-refractivity contribution in [2.45, 2.75) is 13.3 Å². The van der Waals surface area contributed by atoms with Gasteiger partial charge in [0.2, 0.25) is 15.8 Å². The van der Waals surface area contributed by atoms with Crippen molar-refractivity contribution in [2.75, 3.05) is 15.8 Å². The zero-order valence-electron chi connectivity index (χ0n) is 17.7. The molecule has 0 bridgehead atoms. The number of fused-ring (bicyclic) bond motifs is 1. The van der Waals surface area contributed by atoms with Gasteiger partial charge in [-0.25, -0.2) is 31.6 Å². The van der Waals surface area contributed by atoms with Gasteiger partial charge in [0, 0.05) is 11.9 Å². The maximum atomic E-state index is 15.2. The standard InChI is InChI=1S/C22H18F3N5O3S/c1-2-8-34(32,33)30-16-7-6-15(24)18(19(16)25)20(31)14-10-26-21-17(14)22(28-11-27-21)29-13-5-3-4-12(23)9-13/h3-7,9-11,30H,2,8H2,1H3,(H2,26,27,28,29). The Morgan fingerprint density at radius 3 is 2.65 bits per heavy atom. The number of carbonyl (C=O) groups excluding carboxylic acids is 1. The lowest BCUT2D eigenvalue weighted by Gasteiger charge is -2.12. The molecule has 0 aliphatic rings. The van der Waals surface area contributed by atoms with E-state index in [-0.39, 0.29) is 34.6 Å². The smallest absolute Gasteiger partial charge is 0.232 e. The van der Waals surface area contributed by atoms with Gasteiger partial charge in [0.15, 0.2) is 5.82 Å². The van der Waals surface area contributed by atoms with E-state index < -0.39 is 44.5 Å². The van der Waals surface area contributed by atoms with E-state index in [1.165, 1.54) is 30.7 Å². The molecule has 176 valence electrons. The largest absolute Gasteiger partial charge is 0.345 e. The first-order chi connectivity index (χ1) is 16.2. The van der Waals surface area contributed by atoms with E-state index in [4.69, 9.17) is 0 Å². The number of benzene rings is 2. The molecule has 8 nitrogen and oxygen atoms in total. The first-order valence-corrected chi connectivity index (χ1v) is 11.7. The normalized spacial score (nSPS) is 11.5. The third kappa shape index (κ3) is 4.57. The molecule has 4 rings (SSSR count).